The lowest BCUT2D eigenvalue weighted by atomic mass is 10.1. The van der Waals surface area contributed by atoms with Crippen LogP contribution in [-0.4, -0.2) is 15.6 Å². The minimum absolute atomic E-state index is 0.111. The summed E-state index contributed by atoms with van der Waals surface area (Å²) in [6.45, 7) is 4.11. The van der Waals surface area contributed by atoms with Crippen molar-refractivity contribution in [2.75, 3.05) is 0 Å². The largest absolute Gasteiger partial charge is 0.481 e. The lowest BCUT2D eigenvalue weighted by molar-refractivity contribution is -0.137. The van der Waals surface area contributed by atoms with E-state index in [1.807, 2.05) is 12.1 Å². The van der Waals surface area contributed by atoms with Crippen LogP contribution in [0, 0.1) is 5.82 Å². The summed E-state index contributed by atoms with van der Waals surface area (Å²) in [5, 5.41) is 8.81. The molecule has 20 heavy (non-hydrogen) atoms. The highest BCUT2D eigenvalue weighted by Gasteiger charge is 2.13. The summed E-state index contributed by atoms with van der Waals surface area (Å²) in [5.41, 5.74) is 2.91. The number of carboxylic acid groups (broad SMARTS) is 1. The molecule has 0 aliphatic heterocycles. The predicted octanol–water partition coefficient (Wildman–Crippen LogP) is 3.89. The summed E-state index contributed by atoms with van der Waals surface area (Å²) < 4.78 is 15.1. The number of nitrogens with zero attached hydrogens (tertiary/aromatic N) is 1. The highest BCUT2D eigenvalue weighted by atomic mass is 19.1. The Morgan fingerprint density at radius 2 is 1.85 bits per heavy atom. The van der Waals surface area contributed by atoms with Gasteiger partial charge in [-0.1, -0.05) is 0 Å². The second-order valence-corrected chi connectivity index (χ2v) is 5.07. The Morgan fingerprint density at radius 3 is 2.40 bits per heavy atom. The molecule has 1 aromatic heterocycles. The van der Waals surface area contributed by atoms with Crippen molar-refractivity contribution in [2.45, 2.75) is 32.7 Å². The van der Waals surface area contributed by atoms with E-state index in [0.717, 1.165) is 17.0 Å². The lowest BCUT2D eigenvalue weighted by Crippen LogP contribution is -2.09. The van der Waals surface area contributed by atoms with Crippen LogP contribution < -0.4 is 0 Å². The first-order chi connectivity index (χ1) is 9.49. The molecular formula is C16H18FNO2. The van der Waals surface area contributed by atoms with Crippen molar-refractivity contribution in [3.63, 3.8) is 0 Å². The van der Waals surface area contributed by atoms with Crippen LogP contribution in [0.3, 0.4) is 0 Å². The monoisotopic (exact) mass is 275 g/mol. The number of carboxylic acids is 1. The first-order valence-electron chi connectivity index (χ1n) is 6.67. The average molecular weight is 275 g/mol. The molecule has 0 aliphatic carbocycles. The maximum absolute atomic E-state index is 13.0. The van der Waals surface area contributed by atoms with Gasteiger partial charge in [0.1, 0.15) is 5.82 Å². The molecule has 0 bridgehead atoms. The minimum atomic E-state index is -0.801. The van der Waals surface area contributed by atoms with Crippen LogP contribution in [0.5, 0.6) is 0 Å². The highest BCUT2D eigenvalue weighted by molar-refractivity contribution is 5.67. The third kappa shape index (κ3) is 3.07. The van der Waals surface area contributed by atoms with Gasteiger partial charge in [-0.15, -0.1) is 0 Å². The quantitative estimate of drug-likeness (QED) is 0.899. The second kappa shape index (κ2) is 5.90. The van der Waals surface area contributed by atoms with Gasteiger partial charge in [0.25, 0.3) is 0 Å². The molecule has 1 N–H and O–H groups in total. The van der Waals surface area contributed by atoms with Crippen LogP contribution >= 0.6 is 0 Å². The molecule has 106 valence electrons. The summed E-state index contributed by atoms with van der Waals surface area (Å²) >= 11 is 0. The Kier molecular flexibility index (Phi) is 4.23. The summed E-state index contributed by atoms with van der Waals surface area (Å²) in [7, 11) is 0. The van der Waals surface area contributed by atoms with Gasteiger partial charge in [0, 0.05) is 17.4 Å². The van der Waals surface area contributed by atoms with Crippen LogP contribution in [0.2, 0.25) is 0 Å². The average Bonchev–Trinajstić information content (AvgIpc) is 2.81. The van der Waals surface area contributed by atoms with Gasteiger partial charge in [0.15, 0.2) is 0 Å². The van der Waals surface area contributed by atoms with E-state index < -0.39 is 5.97 Å². The summed E-state index contributed by atoms with van der Waals surface area (Å²) in [6.07, 6.45) is 0.605. The second-order valence-electron chi connectivity index (χ2n) is 5.07. The molecule has 0 saturated carbocycles. The van der Waals surface area contributed by atoms with Gasteiger partial charge in [-0.25, -0.2) is 4.39 Å². The van der Waals surface area contributed by atoms with E-state index in [2.05, 4.69) is 18.4 Å². The molecule has 4 heteroatoms. The molecule has 0 amide bonds. The topological polar surface area (TPSA) is 42.2 Å². The first-order valence-corrected chi connectivity index (χ1v) is 6.67. The fraction of sp³-hybridized carbons (Fsp3) is 0.312. The molecule has 0 fully saturated rings. The van der Waals surface area contributed by atoms with Crippen molar-refractivity contribution in [3.05, 3.63) is 47.9 Å². The smallest absolute Gasteiger partial charge is 0.303 e. The van der Waals surface area contributed by atoms with Gasteiger partial charge >= 0.3 is 5.97 Å². The Hall–Kier alpha value is -2.10. The summed E-state index contributed by atoms with van der Waals surface area (Å²) in [5.74, 6) is -1.06. The minimum Gasteiger partial charge on any atom is -0.481 e. The zero-order chi connectivity index (χ0) is 14.7. The normalized spacial score (nSPS) is 11.0. The fourth-order valence-electron chi connectivity index (χ4n) is 2.40. The van der Waals surface area contributed by atoms with Crippen LogP contribution in [-0.2, 0) is 11.2 Å². The van der Waals surface area contributed by atoms with Crippen LogP contribution in [0.4, 0.5) is 4.39 Å². The Balaban J connectivity index is 2.38. The van der Waals surface area contributed by atoms with Gasteiger partial charge < -0.3 is 9.67 Å². The fourth-order valence-corrected chi connectivity index (χ4v) is 2.40. The molecule has 1 aromatic carbocycles. The van der Waals surface area contributed by atoms with Crippen molar-refractivity contribution in [2.24, 2.45) is 0 Å². The van der Waals surface area contributed by atoms with Crippen molar-refractivity contribution in [1.29, 1.82) is 0 Å². The number of benzene rings is 1. The van der Waals surface area contributed by atoms with E-state index >= 15 is 0 Å². The number of rotatable bonds is 5. The van der Waals surface area contributed by atoms with Gasteiger partial charge in [0.05, 0.1) is 6.42 Å². The van der Waals surface area contributed by atoms with E-state index in [0.29, 0.717) is 6.42 Å². The Bertz CT molecular complexity index is 599. The van der Waals surface area contributed by atoms with E-state index in [4.69, 9.17) is 5.11 Å². The summed E-state index contributed by atoms with van der Waals surface area (Å²) in [4.78, 5) is 10.7. The summed E-state index contributed by atoms with van der Waals surface area (Å²) in [6, 6.07) is 10.5. The van der Waals surface area contributed by atoms with Crippen LogP contribution in [0.1, 0.15) is 32.0 Å². The molecule has 3 nitrogen and oxygen atoms in total. The van der Waals surface area contributed by atoms with Gasteiger partial charge in [-0.05, 0) is 62.2 Å². The zero-order valence-electron chi connectivity index (χ0n) is 11.6. The van der Waals surface area contributed by atoms with E-state index in [1.54, 1.807) is 12.1 Å². The number of halogens is 1. The third-order valence-corrected chi connectivity index (χ3v) is 3.25. The SMILES string of the molecule is CC(C)n1c(CCC(=O)O)ccc1-c1ccc(F)cc1. The molecule has 2 aromatic rings. The number of carbonyl (C=O) groups is 1. The molecule has 0 saturated heterocycles. The number of aryl methyl sites for hydroxylation is 1. The predicted molar refractivity (Wildman–Crippen MR) is 76.2 cm³/mol. The maximum atomic E-state index is 13.0. The zero-order valence-corrected chi connectivity index (χ0v) is 11.6. The van der Waals surface area contributed by atoms with Crippen molar-refractivity contribution >= 4 is 5.97 Å². The van der Waals surface area contributed by atoms with E-state index in [1.165, 1.54) is 12.1 Å². The standard InChI is InChI=1S/C16H18FNO2/c1-11(2)18-14(8-10-16(19)20)7-9-15(18)12-3-5-13(17)6-4-12/h3-7,9,11H,8,10H2,1-2H3,(H,19,20). The molecule has 0 aliphatic rings. The Morgan fingerprint density at radius 1 is 1.20 bits per heavy atom. The lowest BCUT2D eigenvalue weighted by Gasteiger charge is -2.17. The van der Waals surface area contributed by atoms with Crippen molar-refractivity contribution in [3.8, 4) is 11.3 Å². The molecule has 0 spiro atoms. The van der Waals surface area contributed by atoms with Crippen LogP contribution in [0.15, 0.2) is 36.4 Å². The highest BCUT2D eigenvalue weighted by Crippen LogP contribution is 2.27. The molecular weight excluding hydrogens is 257 g/mol. The number of hydrogen-bond acceptors (Lipinski definition) is 1. The maximum Gasteiger partial charge on any atom is 0.303 e. The number of aromatic nitrogens is 1. The van der Waals surface area contributed by atoms with Crippen molar-refractivity contribution in [1.82, 2.24) is 4.57 Å². The number of hydrogen-bond donors (Lipinski definition) is 1. The third-order valence-electron chi connectivity index (χ3n) is 3.25. The van der Waals surface area contributed by atoms with Gasteiger partial charge in [-0.3, -0.25) is 4.79 Å². The Labute approximate surface area is 117 Å². The molecule has 1 heterocycles. The van der Waals surface area contributed by atoms with E-state index in [-0.39, 0.29) is 18.3 Å². The van der Waals surface area contributed by atoms with Gasteiger partial charge in [0.2, 0.25) is 0 Å². The number of aliphatic carboxylic acids is 1. The van der Waals surface area contributed by atoms with Crippen LogP contribution in [0.25, 0.3) is 11.3 Å². The molecule has 2 rings (SSSR count). The van der Waals surface area contributed by atoms with Gasteiger partial charge in [-0.2, -0.15) is 0 Å². The van der Waals surface area contributed by atoms with Crippen molar-refractivity contribution < 1.29 is 14.3 Å². The molecule has 0 radical (unpaired) electrons. The molecule has 0 unspecified atom stereocenters. The first kappa shape index (κ1) is 14.3. The van der Waals surface area contributed by atoms with E-state index in [9.17, 15) is 9.18 Å². The molecule has 0 atom stereocenters.